The number of amides is 2. The molecule has 23 heteroatoms. The molecule has 6 fully saturated rings. The molecule has 3 aromatic rings. The molecule has 5 N–H and O–H groups in total. The number of carbonyl (C=O) groups is 2. The Labute approximate surface area is 446 Å². The molecule has 3 heterocycles. The van der Waals surface area contributed by atoms with Gasteiger partial charge >= 0.3 is 12.2 Å². The minimum absolute atomic E-state index is 0.0191. The number of hydrogen-bond donors (Lipinski definition) is 4. The molecule has 0 radical (unpaired) electrons. The van der Waals surface area contributed by atoms with Crippen molar-refractivity contribution in [2.75, 3.05) is 39.3 Å². The van der Waals surface area contributed by atoms with Crippen LogP contribution in [0.5, 0.6) is 0 Å². The number of ether oxygens (including phenoxy) is 2. The third kappa shape index (κ3) is 16.1. The second-order valence-corrected chi connectivity index (χ2v) is 28.7. The smallest absolute Gasteiger partial charge is 0.410 e. The van der Waals surface area contributed by atoms with E-state index in [0.29, 0.717) is 53.9 Å². The molecule has 0 aromatic heterocycles. The first-order chi connectivity index (χ1) is 34.9. The van der Waals surface area contributed by atoms with Gasteiger partial charge in [-0.15, -0.1) is 0 Å². The number of halogens is 1. The molecule has 3 saturated heterocycles. The highest BCUT2D eigenvalue weighted by Gasteiger charge is 2.52. The fraction of sp³-hybridized carbons (Fsp3) is 0.558. The molecule has 0 atom stereocenters. The normalized spacial score (nSPS) is 25.7. The summed E-state index contributed by atoms with van der Waals surface area (Å²) < 4.78 is 87.4. The van der Waals surface area contributed by atoms with Crippen LogP contribution >= 0.6 is 10.7 Å². The number of carbonyl (C=O) groups excluding carboxylic acids is 2. The first-order valence-corrected chi connectivity index (χ1v) is 30.1. The number of likely N-dealkylation sites (tertiary alicyclic amines) is 2. The lowest BCUT2D eigenvalue weighted by Gasteiger charge is -2.45. The van der Waals surface area contributed by atoms with E-state index in [1.165, 1.54) is 48.5 Å². The predicted octanol–water partition coefficient (Wildman–Crippen LogP) is 6.83. The van der Waals surface area contributed by atoms with Gasteiger partial charge in [-0.1, -0.05) is 18.2 Å². The first-order valence-electron chi connectivity index (χ1n) is 24.8. The maximum Gasteiger partial charge on any atom is 0.410 e. The van der Waals surface area contributed by atoms with Gasteiger partial charge in [0.15, 0.2) is 0 Å². The molecule has 3 aliphatic carbocycles. The maximum atomic E-state index is 12.5. The zero-order chi connectivity index (χ0) is 55.3. The summed E-state index contributed by atoms with van der Waals surface area (Å²) in [6, 6.07) is 23.6. The van der Waals surface area contributed by atoms with Crippen LogP contribution in [0, 0.1) is 50.2 Å². The molecule has 3 spiro atoms. The SMILES string of the molecule is CC(C)(C)OC(=O)N1CCC2(CC(N)C2)C1.CC(C)(C)OC(=O)N1CCC2(CC(NS(=O)(=O)c3cccc(C#N)c3)C2)C1.N#Cc1cccc(S(=O)(=O)Cl)c1.N#Cc1cccc(S(=O)(=O)NC2CC3(CCNC3)C2)c1. The minimum atomic E-state index is -3.71. The van der Waals surface area contributed by atoms with Gasteiger partial charge in [-0.05, 0) is 177 Å². The van der Waals surface area contributed by atoms with Crippen LogP contribution in [-0.2, 0) is 38.6 Å². The van der Waals surface area contributed by atoms with Gasteiger partial charge in [-0.3, -0.25) is 0 Å². The number of nitrogens with one attached hydrogen (secondary N) is 3. The number of nitriles is 3. The molecule has 3 saturated carbocycles. The standard InChI is InChI=1S/C19H25N3O4S.C14H17N3O2S.C12H22N2O2.C7H4ClNO2S/c1-18(2,3)26-17(23)22-8-7-19(13-22)10-15(11-19)21-27(24,25)16-6-4-5-14(9-16)12-20;15-9-11-2-1-3-13(6-11)20(18,19)17-12-7-14(8-12)4-5-16-10-14;1-11(2,3)16-10(15)14-5-4-12(8-14)6-9(13)7-12;8-12(10,11)7-3-1-2-6(4-7)5-9/h4-6,9,15,21H,7-8,10-11,13H2,1-3H3;1-3,6,12,16-17H,4-5,7-8,10H2;9H,4-8,13H2,1-3H3;1-4H. The van der Waals surface area contributed by atoms with Gasteiger partial charge in [0.25, 0.3) is 9.05 Å². The molecule has 19 nitrogen and oxygen atoms in total. The number of benzene rings is 3. The van der Waals surface area contributed by atoms with Crippen LogP contribution in [0.15, 0.2) is 87.5 Å². The van der Waals surface area contributed by atoms with Crippen molar-refractivity contribution >= 4 is 52.0 Å². The van der Waals surface area contributed by atoms with Crippen molar-refractivity contribution in [3.8, 4) is 18.2 Å². The summed E-state index contributed by atoms with van der Waals surface area (Å²) in [7, 11) is -5.84. The van der Waals surface area contributed by atoms with Crippen LogP contribution in [-0.4, -0.2) is 116 Å². The molecule has 406 valence electrons. The Morgan fingerprint density at radius 2 is 1.00 bits per heavy atom. The Hall–Kier alpha value is -5.35. The lowest BCUT2D eigenvalue weighted by molar-refractivity contribution is 0.0221. The van der Waals surface area contributed by atoms with E-state index >= 15 is 0 Å². The first kappa shape index (κ1) is 58.9. The summed E-state index contributed by atoms with van der Waals surface area (Å²) in [6.45, 7) is 16.1. The van der Waals surface area contributed by atoms with Gasteiger partial charge in [-0.25, -0.2) is 44.3 Å². The van der Waals surface area contributed by atoms with Crippen LogP contribution < -0.4 is 20.5 Å². The third-order valence-corrected chi connectivity index (χ3v) is 18.4. The van der Waals surface area contributed by atoms with Crippen molar-refractivity contribution in [3.63, 3.8) is 0 Å². The van der Waals surface area contributed by atoms with Crippen molar-refractivity contribution in [1.82, 2.24) is 24.6 Å². The number of rotatable bonds is 7. The van der Waals surface area contributed by atoms with E-state index in [9.17, 15) is 34.8 Å². The summed E-state index contributed by atoms with van der Waals surface area (Å²) in [5.41, 5.74) is 6.44. The van der Waals surface area contributed by atoms with Gasteiger partial charge < -0.3 is 30.3 Å². The molecule has 2 amide bonds. The summed E-state index contributed by atoms with van der Waals surface area (Å²) in [4.78, 5) is 27.8. The Kier molecular flexibility index (Phi) is 18.1. The van der Waals surface area contributed by atoms with E-state index in [-0.39, 0.29) is 49.9 Å². The minimum Gasteiger partial charge on any atom is -0.444 e. The lowest BCUT2D eigenvalue weighted by Crippen LogP contribution is -2.52. The van der Waals surface area contributed by atoms with Gasteiger partial charge in [-0.2, -0.15) is 15.8 Å². The summed E-state index contributed by atoms with van der Waals surface area (Å²) in [5, 5.41) is 29.5. The fourth-order valence-corrected chi connectivity index (χ4v) is 14.0. The van der Waals surface area contributed by atoms with Crippen LogP contribution in [0.25, 0.3) is 0 Å². The second-order valence-electron chi connectivity index (χ2n) is 22.7. The molecule has 3 aliphatic heterocycles. The Morgan fingerprint density at radius 3 is 1.35 bits per heavy atom. The van der Waals surface area contributed by atoms with E-state index < -0.39 is 40.3 Å². The molecule has 9 rings (SSSR count). The number of nitrogens with two attached hydrogens (primary N) is 1. The summed E-state index contributed by atoms with van der Waals surface area (Å²) in [6.07, 6.45) is 7.91. The van der Waals surface area contributed by atoms with E-state index in [1.807, 2.05) is 64.6 Å². The molecule has 0 bridgehead atoms. The molecule has 3 aromatic carbocycles. The van der Waals surface area contributed by atoms with Gasteiger partial charge in [0.05, 0.1) is 49.6 Å². The van der Waals surface area contributed by atoms with Crippen molar-refractivity contribution in [2.24, 2.45) is 22.0 Å². The number of nitrogens with zero attached hydrogens (tertiary/aromatic N) is 5. The predicted molar refractivity (Wildman–Crippen MR) is 280 cm³/mol. The van der Waals surface area contributed by atoms with Gasteiger partial charge in [0, 0.05) is 61.5 Å². The van der Waals surface area contributed by atoms with Crippen LogP contribution in [0.1, 0.15) is 116 Å². The number of sulfonamides is 2. The quantitative estimate of drug-likeness (QED) is 0.176. The molecular formula is C52H68ClN9O10S3. The van der Waals surface area contributed by atoms with Crippen molar-refractivity contribution in [3.05, 3.63) is 89.5 Å². The number of hydrogen-bond acceptors (Lipinski definition) is 15. The van der Waals surface area contributed by atoms with E-state index in [0.717, 1.165) is 71.1 Å². The summed E-state index contributed by atoms with van der Waals surface area (Å²) in [5.74, 6) is 0. The topological polar surface area (TPSA) is 295 Å². The highest BCUT2D eigenvalue weighted by atomic mass is 35.7. The van der Waals surface area contributed by atoms with E-state index in [4.69, 9.17) is 41.7 Å². The van der Waals surface area contributed by atoms with Crippen LogP contribution in [0.2, 0.25) is 0 Å². The van der Waals surface area contributed by atoms with Crippen LogP contribution in [0.4, 0.5) is 9.59 Å². The third-order valence-electron chi connectivity index (χ3n) is 14.1. The zero-order valence-corrected chi connectivity index (χ0v) is 46.5. The fourth-order valence-electron chi connectivity index (χ4n) is 10.6. The highest BCUT2D eigenvalue weighted by molar-refractivity contribution is 8.13. The van der Waals surface area contributed by atoms with Crippen LogP contribution in [0.3, 0.4) is 0 Å². The monoisotopic (exact) mass is 1110 g/mol. The summed E-state index contributed by atoms with van der Waals surface area (Å²) >= 11 is 0. The molecule has 6 aliphatic rings. The van der Waals surface area contributed by atoms with Gasteiger partial charge in [0.2, 0.25) is 20.0 Å². The Bertz CT molecular complexity index is 3040. The zero-order valence-electron chi connectivity index (χ0n) is 43.3. The van der Waals surface area contributed by atoms with Crippen molar-refractivity contribution in [2.45, 2.75) is 143 Å². The lowest BCUT2D eigenvalue weighted by atomic mass is 9.65. The van der Waals surface area contributed by atoms with Gasteiger partial charge in [0.1, 0.15) is 11.2 Å². The average Bonchev–Trinajstić information content (AvgIpc) is 4.09. The highest BCUT2D eigenvalue weighted by Crippen LogP contribution is 2.50. The molecule has 0 unspecified atom stereocenters. The van der Waals surface area contributed by atoms with E-state index in [2.05, 4.69) is 14.8 Å². The van der Waals surface area contributed by atoms with E-state index in [1.54, 1.807) is 29.2 Å². The van der Waals surface area contributed by atoms with Crippen molar-refractivity contribution < 1.29 is 44.3 Å². The average molecular weight is 1110 g/mol. The molecule has 75 heavy (non-hydrogen) atoms. The van der Waals surface area contributed by atoms with Crippen molar-refractivity contribution in [1.29, 1.82) is 15.8 Å². The second kappa shape index (κ2) is 23.1. The Balaban J connectivity index is 0.000000169. The molecular weight excluding hydrogens is 1040 g/mol. The largest absolute Gasteiger partial charge is 0.444 e. The maximum absolute atomic E-state index is 12.5. The Morgan fingerprint density at radius 1 is 0.627 bits per heavy atom.